The minimum atomic E-state index is -0.272. The van der Waals surface area contributed by atoms with Gasteiger partial charge in [-0.2, -0.15) is 0 Å². The van der Waals surface area contributed by atoms with Gasteiger partial charge in [0.2, 0.25) is 11.8 Å². The number of hydrogen-bond acceptors (Lipinski definition) is 3. The van der Waals surface area contributed by atoms with Gasteiger partial charge in [-0.25, -0.2) is 0 Å². The van der Waals surface area contributed by atoms with Crippen LogP contribution in [-0.4, -0.2) is 29.0 Å². The van der Waals surface area contributed by atoms with E-state index in [1.165, 1.54) is 0 Å². The molecule has 0 atom stereocenters. The summed E-state index contributed by atoms with van der Waals surface area (Å²) in [7, 11) is 0. The van der Waals surface area contributed by atoms with Gasteiger partial charge in [0.15, 0.2) is 5.78 Å². The first-order valence-corrected chi connectivity index (χ1v) is 5.59. The second-order valence-corrected chi connectivity index (χ2v) is 5.51. The average molecular weight is 225 g/mol. The van der Waals surface area contributed by atoms with Crippen LogP contribution >= 0.6 is 0 Å². The Bertz CT molecular complexity index is 311. The minimum Gasteiger partial charge on any atom is -0.297 e. The largest absolute Gasteiger partial charge is 0.297 e. The molecule has 0 N–H and O–H groups in total. The summed E-state index contributed by atoms with van der Waals surface area (Å²) >= 11 is 0. The van der Waals surface area contributed by atoms with Crippen molar-refractivity contribution >= 4 is 17.6 Å². The molecule has 1 aliphatic heterocycles. The van der Waals surface area contributed by atoms with Gasteiger partial charge in [0.25, 0.3) is 0 Å². The van der Waals surface area contributed by atoms with Crippen molar-refractivity contribution in [3.8, 4) is 0 Å². The lowest BCUT2D eigenvalue weighted by Gasteiger charge is -2.34. The lowest BCUT2D eigenvalue weighted by molar-refractivity contribution is -0.154. The van der Waals surface area contributed by atoms with Gasteiger partial charge in [-0.1, -0.05) is 27.7 Å². The molecule has 1 fully saturated rings. The minimum absolute atomic E-state index is 0.0641. The zero-order valence-electron chi connectivity index (χ0n) is 10.4. The van der Waals surface area contributed by atoms with Gasteiger partial charge in [0.1, 0.15) is 0 Å². The van der Waals surface area contributed by atoms with Crippen LogP contribution in [0.3, 0.4) is 0 Å². The Labute approximate surface area is 96.0 Å². The third kappa shape index (κ3) is 2.90. The molecule has 0 aromatic rings. The Balaban J connectivity index is 2.72. The van der Waals surface area contributed by atoms with Crippen molar-refractivity contribution in [2.45, 2.75) is 40.5 Å². The molecule has 0 aliphatic carbocycles. The zero-order valence-corrected chi connectivity index (χ0v) is 10.4. The maximum Gasteiger partial charge on any atom is 0.230 e. The summed E-state index contributed by atoms with van der Waals surface area (Å²) in [6.45, 7) is 7.26. The summed E-state index contributed by atoms with van der Waals surface area (Å²) in [5.41, 5.74) is -0.272. The molecule has 4 nitrogen and oxygen atoms in total. The van der Waals surface area contributed by atoms with E-state index in [0.717, 1.165) is 4.90 Å². The molecule has 1 aliphatic rings. The van der Waals surface area contributed by atoms with Crippen LogP contribution in [-0.2, 0) is 14.4 Å². The first-order valence-electron chi connectivity index (χ1n) is 5.59. The third-order valence-corrected chi connectivity index (χ3v) is 2.82. The van der Waals surface area contributed by atoms with Crippen LogP contribution in [0.15, 0.2) is 0 Å². The summed E-state index contributed by atoms with van der Waals surface area (Å²) in [6, 6.07) is 0. The van der Waals surface area contributed by atoms with Gasteiger partial charge in [0, 0.05) is 18.8 Å². The van der Waals surface area contributed by atoms with Crippen LogP contribution in [0, 0.1) is 11.3 Å². The zero-order chi connectivity index (χ0) is 12.5. The highest BCUT2D eigenvalue weighted by atomic mass is 16.2. The van der Waals surface area contributed by atoms with Crippen molar-refractivity contribution in [1.29, 1.82) is 0 Å². The van der Waals surface area contributed by atoms with E-state index in [9.17, 15) is 14.4 Å². The van der Waals surface area contributed by atoms with Gasteiger partial charge in [-0.15, -0.1) is 0 Å². The van der Waals surface area contributed by atoms with Crippen molar-refractivity contribution in [2.75, 3.05) is 6.54 Å². The second-order valence-electron chi connectivity index (χ2n) is 5.51. The normalized spacial score (nSPS) is 20.4. The smallest absolute Gasteiger partial charge is 0.230 e. The molecule has 0 aromatic heterocycles. The molecule has 2 amide bonds. The molecular weight excluding hydrogens is 206 g/mol. The van der Waals surface area contributed by atoms with Crippen LogP contribution < -0.4 is 0 Å². The summed E-state index contributed by atoms with van der Waals surface area (Å²) < 4.78 is 0. The maximum atomic E-state index is 11.7. The van der Waals surface area contributed by atoms with Gasteiger partial charge in [-0.05, 0) is 5.41 Å². The Hall–Kier alpha value is -1.19. The number of amides is 2. The molecule has 0 bridgehead atoms. The third-order valence-electron chi connectivity index (χ3n) is 2.82. The summed E-state index contributed by atoms with van der Waals surface area (Å²) in [5, 5.41) is 0. The van der Waals surface area contributed by atoms with Crippen LogP contribution in [0.1, 0.15) is 40.5 Å². The first-order chi connectivity index (χ1) is 7.23. The van der Waals surface area contributed by atoms with E-state index in [-0.39, 0.29) is 35.5 Å². The van der Waals surface area contributed by atoms with E-state index >= 15 is 0 Å². The molecule has 16 heavy (non-hydrogen) atoms. The molecule has 4 heteroatoms. The van der Waals surface area contributed by atoms with E-state index in [2.05, 4.69) is 0 Å². The van der Waals surface area contributed by atoms with E-state index in [4.69, 9.17) is 0 Å². The maximum absolute atomic E-state index is 11.7. The lowest BCUT2D eigenvalue weighted by Crippen LogP contribution is -2.48. The van der Waals surface area contributed by atoms with E-state index in [1.807, 2.05) is 13.8 Å². The number of Topliss-reactive ketones (excluding diaryl/α,β-unsaturated/α-hetero) is 1. The van der Waals surface area contributed by atoms with Crippen LogP contribution in [0.4, 0.5) is 0 Å². The van der Waals surface area contributed by atoms with E-state index < -0.39 is 0 Å². The topological polar surface area (TPSA) is 54.5 Å². The number of likely N-dealkylation sites (tertiary alicyclic amines) is 1. The Morgan fingerprint density at radius 2 is 1.69 bits per heavy atom. The fraction of sp³-hybridized carbons (Fsp3) is 0.750. The molecule has 1 heterocycles. The highest BCUT2D eigenvalue weighted by molar-refractivity contribution is 6.02. The first kappa shape index (κ1) is 12.9. The van der Waals surface area contributed by atoms with E-state index in [1.54, 1.807) is 13.8 Å². The standard InChI is InChI=1S/C12H19NO3/c1-8(2)9(14)7-13-10(15)5-12(3,4)6-11(13)16/h8H,5-7H2,1-4H3. The molecule has 1 saturated heterocycles. The Morgan fingerprint density at radius 1 is 1.25 bits per heavy atom. The fourth-order valence-electron chi connectivity index (χ4n) is 1.73. The SMILES string of the molecule is CC(C)C(=O)CN1C(=O)CC(C)(C)CC1=O. The molecule has 1 rings (SSSR count). The van der Waals surface area contributed by atoms with E-state index in [0.29, 0.717) is 12.8 Å². The Kier molecular flexibility index (Phi) is 3.51. The lowest BCUT2D eigenvalue weighted by atomic mass is 9.81. The molecule has 0 unspecified atom stereocenters. The highest BCUT2D eigenvalue weighted by Gasteiger charge is 2.38. The van der Waals surface area contributed by atoms with Gasteiger partial charge in [0.05, 0.1) is 6.54 Å². The molecule has 0 radical (unpaired) electrons. The van der Waals surface area contributed by atoms with Crippen molar-refractivity contribution < 1.29 is 14.4 Å². The molecule has 0 aromatic carbocycles. The molecular formula is C12H19NO3. The summed E-state index contributed by atoms with van der Waals surface area (Å²) in [6.07, 6.45) is 0.675. The summed E-state index contributed by atoms with van der Waals surface area (Å²) in [4.78, 5) is 36.1. The van der Waals surface area contributed by atoms with Gasteiger partial charge in [-0.3, -0.25) is 19.3 Å². The molecule has 0 spiro atoms. The van der Waals surface area contributed by atoms with Gasteiger partial charge >= 0.3 is 0 Å². The number of carbonyl (C=O) groups is 3. The number of piperidine rings is 1. The van der Waals surface area contributed by atoms with Crippen molar-refractivity contribution in [1.82, 2.24) is 4.90 Å². The van der Waals surface area contributed by atoms with Crippen LogP contribution in [0.5, 0.6) is 0 Å². The predicted octanol–water partition coefficient (Wildman–Crippen LogP) is 1.39. The predicted molar refractivity (Wildman–Crippen MR) is 59.6 cm³/mol. The van der Waals surface area contributed by atoms with Gasteiger partial charge < -0.3 is 0 Å². The number of hydrogen-bond donors (Lipinski definition) is 0. The quantitative estimate of drug-likeness (QED) is 0.682. The molecule has 0 saturated carbocycles. The highest BCUT2D eigenvalue weighted by Crippen LogP contribution is 2.31. The number of nitrogens with zero attached hydrogens (tertiary/aromatic N) is 1. The number of ketones is 1. The van der Waals surface area contributed by atoms with Crippen LogP contribution in [0.25, 0.3) is 0 Å². The van der Waals surface area contributed by atoms with Crippen molar-refractivity contribution in [3.63, 3.8) is 0 Å². The fourth-order valence-corrected chi connectivity index (χ4v) is 1.73. The molecule has 90 valence electrons. The van der Waals surface area contributed by atoms with Crippen molar-refractivity contribution in [3.05, 3.63) is 0 Å². The van der Waals surface area contributed by atoms with Crippen molar-refractivity contribution in [2.24, 2.45) is 11.3 Å². The second kappa shape index (κ2) is 4.36. The number of rotatable bonds is 3. The number of imide groups is 1. The summed E-state index contributed by atoms with van der Waals surface area (Å²) in [5.74, 6) is -0.664. The average Bonchev–Trinajstić information content (AvgIpc) is 2.09. The Morgan fingerprint density at radius 3 is 2.06 bits per heavy atom. The van der Waals surface area contributed by atoms with Crippen LogP contribution in [0.2, 0.25) is 0 Å². The number of carbonyl (C=O) groups excluding carboxylic acids is 3. The monoisotopic (exact) mass is 225 g/mol.